The Bertz CT molecular complexity index is 397. The fourth-order valence-electron chi connectivity index (χ4n) is 1.85. The van der Waals surface area contributed by atoms with Crippen LogP contribution in [0.1, 0.15) is 26.7 Å². The van der Waals surface area contributed by atoms with Gasteiger partial charge in [0.25, 0.3) is 0 Å². The summed E-state index contributed by atoms with van der Waals surface area (Å²) in [5.41, 5.74) is 0.264. The summed E-state index contributed by atoms with van der Waals surface area (Å²) in [5.74, 6) is 1.43. The average Bonchev–Trinajstić information content (AvgIpc) is 2.75. The molecule has 0 saturated carbocycles. The van der Waals surface area contributed by atoms with Crippen molar-refractivity contribution in [3.63, 3.8) is 0 Å². The lowest BCUT2D eigenvalue weighted by molar-refractivity contribution is 0.166. The van der Waals surface area contributed by atoms with Gasteiger partial charge in [-0.1, -0.05) is 37.2 Å². The summed E-state index contributed by atoms with van der Waals surface area (Å²) in [5, 5.41) is 0.675. The first-order valence-corrected chi connectivity index (χ1v) is 7.65. The number of thioether (sulfide) groups is 1. The highest BCUT2D eigenvalue weighted by Crippen LogP contribution is 2.36. The first kappa shape index (κ1) is 14.0. The van der Waals surface area contributed by atoms with Crippen LogP contribution < -0.4 is 4.74 Å². The number of ether oxygens (including phenoxy) is 2. The van der Waals surface area contributed by atoms with Crippen LogP contribution in [0.25, 0.3) is 0 Å². The van der Waals surface area contributed by atoms with E-state index in [1.165, 1.54) is 0 Å². The van der Waals surface area contributed by atoms with Crippen LogP contribution in [0.15, 0.2) is 23.1 Å². The lowest BCUT2D eigenvalue weighted by Crippen LogP contribution is -1.99. The minimum absolute atomic E-state index is 0.264. The van der Waals surface area contributed by atoms with E-state index < -0.39 is 0 Å². The van der Waals surface area contributed by atoms with Crippen molar-refractivity contribution >= 4 is 23.4 Å². The molecule has 0 aliphatic carbocycles. The van der Waals surface area contributed by atoms with Crippen LogP contribution in [-0.2, 0) is 4.74 Å². The quantitative estimate of drug-likeness (QED) is 0.788. The van der Waals surface area contributed by atoms with Gasteiger partial charge in [0.2, 0.25) is 0 Å². The molecule has 100 valence electrons. The Morgan fingerprint density at radius 3 is 3.00 bits per heavy atom. The van der Waals surface area contributed by atoms with E-state index in [0.717, 1.165) is 30.1 Å². The molecule has 0 aromatic heterocycles. The van der Waals surface area contributed by atoms with Gasteiger partial charge >= 0.3 is 0 Å². The van der Waals surface area contributed by atoms with Crippen LogP contribution in [0.2, 0.25) is 5.02 Å². The fourth-order valence-corrected chi connectivity index (χ4v) is 3.22. The molecule has 0 bridgehead atoms. The van der Waals surface area contributed by atoms with Crippen molar-refractivity contribution in [2.24, 2.45) is 5.92 Å². The van der Waals surface area contributed by atoms with Crippen molar-refractivity contribution in [3.05, 3.63) is 23.2 Å². The maximum absolute atomic E-state index is 6.11. The van der Waals surface area contributed by atoms with Gasteiger partial charge < -0.3 is 9.47 Å². The van der Waals surface area contributed by atoms with E-state index >= 15 is 0 Å². The second-order valence-electron chi connectivity index (χ2n) is 4.66. The molecule has 18 heavy (non-hydrogen) atoms. The Kier molecular flexibility index (Phi) is 5.22. The molecule has 2 rings (SSSR count). The molecule has 1 saturated heterocycles. The van der Waals surface area contributed by atoms with Crippen molar-refractivity contribution in [3.8, 4) is 5.75 Å². The first-order chi connectivity index (χ1) is 8.69. The monoisotopic (exact) mass is 286 g/mol. The average molecular weight is 287 g/mol. The van der Waals surface area contributed by atoms with E-state index in [0.29, 0.717) is 17.5 Å². The highest BCUT2D eigenvalue weighted by molar-refractivity contribution is 7.99. The van der Waals surface area contributed by atoms with Gasteiger partial charge in [-0.05, 0) is 37.0 Å². The van der Waals surface area contributed by atoms with Gasteiger partial charge in [-0.3, -0.25) is 0 Å². The number of benzene rings is 1. The zero-order valence-electron chi connectivity index (χ0n) is 10.8. The molecule has 1 aliphatic heterocycles. The summed E-state index contributed by atoms with van der Waals surface area (Å²) in [7, 11) is 0. The standard InChI is InChI=1S/C14H19ClO2S/c1-3-6-16-13-8-11(4-5-12(13)15)18-14-7-10(2)9-17-14/h4-5,8,10,14H,3,6-7,9H2,1-2H3/t10-,14?/m1/s1. The lowest BCUT2D eigenvalue weighted by Gasteiger charge is -2.12. The van der Waals surface area contributed by atoms with E-state index in [1.54, 1.807) is 11.8 Å². The summed E-state index contributed by atoms with van der Waals surface area (Å²) < 4.78 is 11.3. The maximum Gasteiger partial charge on any atom is 0.138 e. The third-order valence-corrected chi connectivity index (χ3v) is 4.22. The van der Waals surface area contributed by atoms with Crippen molar-refractivity contribution < 1.29 is 9.47 Å². The van der Waals surface area contributed by atoms with E-state index in [4.69, 9.17) is 21.1 Å². The molecule has 0 radical (unpaired) electrons. The normalized spacial score (nSPS) is 23.3. The molecule has 1 aliphatic rings. The van der Waals surface area contributed by atoms with E-state index in [9.17, 15) is 0 Å². The molecule has 0 amide bonds. The topological polar surface area (TPSA) is 18.5 Å². The molecule has 2 nitrogen and oxygen atoms in total. The summed E-state index contributed by atoms with van der Waals surface area (Å²) in [6.07, 6.45) is 2.09. The summed E-state index contributed by atoms with van der Waals surface area (Å²) in [4.78, 5) is 1.16. The van der Waals surface area contributed by atoms with Crippen molar-refractivity contribution in [2.75, 3.05) is 13.2 Å². The molecule has 0 N–H and O–H groups in total. The van der Waals surface area contributed by atoms with Crippen LogP contribution in [0.4, 0.5) is 0 Å². The van der Waals surface area contributed by atoms with Crippen molar-refractivity contribution in [2.45, 2.75) is 37.0 Å². The zero-order chi connectivity index (χ0) is 13.0. The van der Waals surface area contributed by atoms with E-state index in [1.807, 2.05) is 18.2 Å². The van der Waals surface area contributed by atoms with Crippen LogP contribution in [-0.4, -0.2) is 18.6 Å². The predicted molar refractivity (Wildman–Crippen MR) is 76.6 cm³/mol. The molecular weight excluding hydrogens is 268 g/mol. The SMILES string of the molecule is CCCOc1cc(SC2C[C@@H](C)CO2)ccc1Cl. The number of rotatable bonds is 5. The van der Waals surface area contributed by atoms with Crippen LogP contribution in [0.3, 0.4) is 0 Å². The lowest BCUT2D eigenvalue weighted by atomic mass is 10.2. The summed E-state index contributed by atoms with van der Waals surface area (Å²) in [6, 6.07) is 5.93. The molecule has 1 heterocycles. The molecule has 1 unspecified atom stereocenters. The Balaban J connectivity index is 2.00. The smallest absolute Gasteiger partial charge is 0.138 e. The van der Waals surface area contributed by atoms with Gasteiger partial charge in [-0.25, -0.2) is 0 Å². The molecule has 0 spiro atoms. The Morgan fingerprint density at radius 2 is 2.33 bits per heavy atom. The molecule has 4 heteroatoms. The van der Waals surface area contributed by atoms with Crippen molar-refractivity contribution in [1.29, 1.82) is 0 Å². The largest absolute Gasteiger partial charge is 0.492 e. The number of hydrogen-bond donors (Lipinski definition) is 0. The van der Waals surface area contributed by atoms with Gasteiger partial charge in [-0.15, -0.1) is 0 Å². The van der Waals surface area contributed by atoms with Crippen LogP contribution >= 0.6 is 23.4 Å². The van der Waals surface area contributed by atoms with Crippen LogP contribution in [0, 0.1) is 5.92 Å². The Hall–Kier alpha value is -0.380. The second kappa shape index (κ2) is 6.69. The third kappa shape index (κ3) is 3.81. The molecule has 2 atom stereocenters. The number of halogens is 1. The highest BCUT2D eigenvalue weighted by atomic mass is 35.5. The van der Waals surface area contributed by atoms with Crippen LogP contribution in [0.5, 0.6) is 5.75 Å². The first-order valence-electron chi connectivity index (χ1n) is 6.39. The molecular formula is C14H19ClO2S. The summed E-state index contributed by atoms with van der Waals surface area (Å²) >= 11 is 7.86. The van der Waals surface area contributed by atoms with Gasteiger partial charge in [0.05, 0.1) is 18.2 Å². The van der Waals surface area contributed by atoms with E-state index in [-0.39, 0.29) is 5.44 Å². The van der Waals surface area contributed by atoms with Gasteiger partial charge in [0.1, 0.15) is 11.2 Å². The van der Waals surface area contributed by atoms with Crippen molar-refractivity contribution in [1.82, 2.24) is 0 Å². The molecule has 1 aromatic rings. The summed E-state index contributed by atoms with van der Waals surface area (Å²) in [6.45, 7) is 5.87. The second-order valence-corrected chi connectivity index (χ2v) is 6.30. The van der Waals surface area contributed by atoms with Gasteiger partial charge in [0, 0.05) is 4.90 Å². The Labute approximate surface area is 118 Å². The highest BCUT2D eigenvalue weighted by Gasteiger charge is 2.23. The fraction of sp³-hybridized carbons (Fsp3) is 0.571. The minimum atomic E-state index is 0.264. The third-order valence-electron chi connectivity index (χ3n) is 2.79. The number of hydrogen-bond acceptors (Lipinski definition) is 3. The maximum atomic E-state index is 6.11. The van der Waals surface area contributed by atoms with Gasteiger partial charge in [0.15, 0.2) is 0 Å². The van der Waals surface area contributed by atoms with Gasteiger partial charge in [-0.2, -0.15) is 0 Å². The zero-order valence-corrected chi connectivity index (χ0v) is 12.4. The minimum Gasteiger partial charge on any atom is -0.492 e. The molecule has 1 fully saturated rings. The predicted octanol–water partition coefficient (Wildman–Crippen LogP) is 4.60. The Morgan fingerprint density at radius 1 is 1.50 bits per heavy atom. The van der Waals surface area contributed by atoms with E-state index in [2.05, 4.69) is 13.8 Å². The molecule has 1 aromatic carbocycles.